The van der Waals surface area contributed by atoms with E-state index in [2.05, 4.69) is 5.32 Å². The first-order valence-corrected chi connectivity index (χ1v) is 9.37. The van der Waals surface area contributed by atoms with E-state index < -0.39 is 23.2 Å². The van der Waals surface area contributed by atoms with Crippen LogP contribution >= 0.6 is 0 Å². The predicted molar refractivity (Wildman–Crippen MR) is 111 cm³/mol. The first-order chi connectivity index (χ1) is 14.3. The summed E-state index contributed by atoms with van der Waals surface area (Å²) < 4.78 is 24.6. The van der Waals surface area contributed by atoms with Gasteiger partial charge in [0.1, 0.15) is 36.1 Å². The topological polar surface area (TPSA) is 84.9 Å². The molecule has 0 saturated carbocycles. The molecule has 0 spiro atoms. The Morgan fingerprint density at radius 2 is 1.73 bits per heavy atom. The van der Waals surface area contributed by atoms with Gasteiger partial charge in [-0.15, -0.1) is 0 Å². The number of rotatable bonds is 8. The van der Waals surface area contributed by atoms with E-state index in [-0.39, 0.29) is 18.8 Å². The Hall–Kier alpha value is -3.61. The lowest BCUT2D eigenvalue weighted by Gasteiger charge is -2.22. The molecule has 0 heterocycles. The van der Waals surface area contributed by atoms with Crippen molar-refractivity contribution in [1.82, 2.24) is 5.32 Å². The second-order valence-corrected chi connectivity index (χ2v) is 7.20. The number of nitrogens with one attached hydrogen (secondary N) is 1. The van der Waals surface area contributed by atoms with Crippen molar-refractivity contribution in [3.8, 4) is 11.5 Å². The minimum atomic E-state index is -1.44. The highest BCUT2D eigenvalue weighted by Crippen LogP contribution is 2.30. The fraction of sp³-hybridized carbons (Fsp3) is 0.217. The van der Waals surface area contributed by atoms with Gasteiger partial charge in [0.05, 0.1) is 5.56 Å². The molecule has 7 heteroatoms. The maximum atomic E-state index is 13.3. The summed E-state index contributed by atoms with van der Waals surface area (Å²) in [4.78, 5) is 24.2. The first kappa shape index (κ1) is 21.1. The highest BCUT2D eigenvalue weighted by atomic mass is 19.1. The van der Waals surface area contributed by atoms with Gasteiger partial charge >= 0.3 is 5.97 Å². The molecule has 0 atom stereocenters. The van der Waals surface area contributed by atoms with E-state index in [1.54, 1.807) is 24.3 Å². The van der Waals surface area contributed by atoms with E-state index in [0.717, 1.165) is 5.39 Å². The molecule has 3 aromatic rings. The number of carbonyl (C=O) groups is 2. The summed E-state index contributed by atoms with van der Waals surface area (Å²) in [5.74, 6) is -1.41. The van der Waals surface area contributed by atoms with Crippen molar-refractivity contribution in [2.45, 2.75) is 19.4 Å². The number of carboxylic acids is 1. The average Bonchev–Trinajstić information content (AvgIpc) is 2.70. The Morgan fingerprint density at radius 3 is 2.47 bits per heavy atom. The van der Waals surface area contributed by atoms with Crippen LogP contribution in [0.4, 0.5) is 4.39 Å². The average molecular weight is 411 g/mol. The lowest BCUT2D eigenvalue weighted by Crippen LogP contribution is -2.49. The van der Waals surface area contributed by atoms with Crippen LogP contribution in [-0.4, -0.2) is 35.7 Å². The summed E-state index contributed by atoms with van der Waals surface area (Å²) in [7, 11) is 0. The third kappa shape index (κ3) is 4.86. The summed E-state index contributed by atoms with van der Waals surface area (Å²) in [6, 6.07) is 16.5. The van der Waals surface area contributed by atoms with E-state index in [1.807, 2.05) is 24.3 Å². The first-order valence-electron chi connectivity index (χ1n) is 9.37. The second-order valence-electron chi connectivity index (χ2n) is 7.20. The summed E-state index contributed by atoms with van der Waals surface area (Å²) in [6.45, 7) is 3.05. The number of amides is 1. The Kier molecular flexibility index (Phi) is 6.20. The van der Waals surface area contributed by atoms with Crippen molar-refractivity contribution >= 4 is 22.6 Å². The molecule has 0 fully saturated rings. The van der Waals surface area contributed by atoms with Crippen LogP contribution < -0.4 is 14.8 Å². The Bertz CT molecular complexity index is 1080. The van der Waals surface area contributed by atoms with Gasteiger partial charge in [0.2, 0.25) is 0 Å². The lowest BCUT2D eigenvalue weighted by atomic mass is 10.0. The smallest absolute Gasteiger partial charge is 0.328 e. The standard InChI is InChI=1S/C23H22FNO5/c1-23(2,22(27)28)25-21(26)19-11-10-15-6-3-4-9-18(15)20(19)30-13-12-29-17-8-5-7-16(24)14-17/h3-11,14H,12-13H2,1-2H3,(H,25,26)(H,27,28). The Balaban J connectivity index is 1.81. The molecule has 0 saturated heterocycles. The van der Waals surface area contributed by atoms with Crippen LogP contribution in [0.3, 0.4) is 0 Å². The number of hydrogen-bond donors (Lipinski definition) is 2. The molecule has 2 N–H and O–H groups in total. The van der Waals surface area contributed by atoms with Crippen LogP contribution in [0.25, 0.3) is 10.8 Å². The molecule has 0 unspecified atom stereocenters. The van der Waals surface area contributed by atoms with E-state index in [4.69, 9.17) is 9.47 Å². The minimum Gasteiger partial charge on any atom is -0.490 e. The summed E-state index contributed by atoms with van der Waals surface area (Å²) in [5.41, 5.74) is -1.23. The normalized spacial score (nSPS) is 11.2. The van der Waals surface area contributed by atoms with Crippen molar-refractivity contribution < 1.29 is 28.6 Å². The van der Waals surface area contributed by atoms with E-state index >= 15 is 0 Å². The number of fused-ring (bicyclic) bond motifs is 1. The zero-order valence-corrected chi connectivity index (χ0v) is 16.6. The van der Waals surface area contributed by atoms with Crippen molar-refractivity contribution in [2.24, 2.45) is 0 Å². The number of benzene rings is 3. The summed E-state index contributed by atoms with van der Waals surface area (Å²) in [6.07, 6.45) is 0. The van der Waals surface area contributed by atoms with Crippen molar-refractivity contribution in [3.63, 3.8) is 0 Å². The zero-order valence-electron chi connectivity index (χ0n) is 16.6. The third-order valence-electron chi connectivity index (χ3n) is 4.48. The van der Waals surface area contributed by atoms with Crippen LogP contribution in [0.15, 0.2) is 60.7 Å². The van der Waals surface area contributed by atoms with Gasteiger partial charge in [-0.05, 0) is 37.4 Å². The summed E-state index contributed by atoms with van der Waals surface area (Å²) >= 11 is 0. The molecule has 0 aliphatic carbocycles. The molecule has 0 radical (unpaired) electrons. The van der Waals surface area contributed by atoms with Crippen molar-refractivity contribution in [3.05, 3.63) is 72.0 Å². The molecule has 156 valence electrons. The Labute approximate surface area is 173 Å². The molecule has 0 aliphatic heterocycles. The Morgan fingerprint density at radius 1 is 1.00 bits per heavy atom. The van der Waals surface area contributed by atoms with Gasteiger partial charge in [-0.1, -0.05) is 36.4 Å². The molecule has 0 aliphatic rings. The number of ether oxygens (including phenoxy) is 2. The van der Waals surface area contributed by atoms with E-state index in [1.165, 1.54) is 26.0 Å². The highest BCUT2D eigenvalue weighted by molar-refractivity contribution is 6.05. The van der Waals surface area contributed by atoms with Crippen LogP contribution in [0, 0.1) is 5.82 Å². The molecular weight excluding hydrogens is 389 g/mol. The fourth-order valence-corrected chi connectivity index (χ4v) is 2.84. The molecule has 3 aromatic carbocycles. The van der Waals surface area contributed by atoms with Gasteiger partial charge in [0.25, 0.3) is 5.91 Å². The SMILES string of the molecule is CC(C)(NC(=O)c1ccc2ccccc2c1OCCOc1cccc(F)c1)C(=O)O. The number of aliphatic carboxylic acids is 1. The van der Waals surface area contributed by atoms with Gasteiger partial charge in [-0.2, -0.15) is 0 Å². The molecule has 0 bridgehead atoms. The number of carbonyl (C=O) groups excluding carboxylic acids is 1. The van der Waals surface area contributed by atoms with Gasteiger partial charge in [0.15, 0.2) is 0 Å². The number of halogens is 1. The lowest BCUT2D eigenvalue weighted by molar-refractivity contribution is -0.143. The van der Waals surface area contributed by atoms with Crippen LogP contribution in [0.1, 0.15) is 24.2 Å². The zero-order chi connectivity index (χ0) is 21.7. The molecule has 1 amide bonds. The highest BCUT2D eigenvalue weighted by Gasteiger charge is 2.30. The number of carboxylic acid groups (broad SMARTS) is 1. The predicted octanol–water partition coefficient (Wildman–Crippen LogP) is 4.03. The largest absolute Gasteiger partial charge is 0.490 e. The number of hydrogen-bond acceptors (Lipinski definition) is 4. The van der Waals surface area contributed by atoms with E-state index in [0.29, 0.717) is 16.9 Å². The monoisotopic (exact) mass is 411 g/mol. The maximum absolute atomic E-state index is 13.3. The molecule has 30 heavy (non-hydrogen) atoms. The van der Waals surface area contributed by atoms with E-state index in [9.17, 15) is 19.1 Å². The molecule has 6 nitrogen and oxygen atoms in total. The maximum Gasteiger partial charge on any atom is 0.328 e. The molecular formula is C23H22FNO5. The minimum absolute atomic E-state index is 0.104. The second kappa shape index (κ2) is 8.82. The van der Waals surface area contributed by atoms with Crippen molar-refractivity contribution in [2.75, 3.05) is 13.2 Å². The van der Waals surface area contributed by atoms with Crippen LogP contribution in [0.5, 0.6) is 11.5 Å². The van der Waals surface area contributed by atoms with Gasteiger partial charge in [-0.3, -0.25) is 4.79 Å². The quantitative estimate of drug-likeness (QED) is 0.547. The van der Waals surface area contributed by atoms with Gasteiger partial charge in [-0.25, -0.2) is 9.18 Å². The summed E-state index contributed by atoms with van der Waals surface area (Å²) in [5, 5.41) is 13.4. The fourth-order valence-electron chi connectivity index (χ4n) is 2.84. The molecule has 3 rings (SSSR count). The van der Waals surface area contributed by atoms with Crippen molar-refractivity contribution in [1.29, 1.82) is 0 Å². The molecule has 0 aromatic heterocycles. The van der Waals surface area contributed by atoms with Crippen LogP contribution in [-0.2, 0) is 4.79 Å². The van der Waals surface area contributed by atoms with Gasteiger partial charge in [0, 0.05) is 11.5 Å². The van der Waals surface area contributed by atoms with Gasteiger partial charge < -0.3 is 19.9 Å². The van der Waals surface area contributed by atoms with Crippen LogP contribution in [0.2, 0.25) is 0 Å². The third-order valence-corrected chi connectivity index (χ3v) is 4.48.